The number of nitrogens with one attached hydrogen (secondary N) is 3. The van der Waals surface area contributed by atoms with Crippen molar-refractivity contribution < 1.29 is 56.0 Å². The molecule has 1 fully saturated rings. The number of nitrogens with two attached hydrogens (primary N) is 3. The molecule has 22 heteroatoms. The minimum Gasteiger partial charge on any atom is -0.475 e. The van der Waals surface area contributed by atoms with Crippen LogP contribution < -0.4 is 27.8 Å². The number of hydrogen-bond donors (Lipinski definition) is 9. The van der Waals surface area contributed by atoms with Gasteiger partial charge in [0.1, 0.15) is 11.2 Å². The number of aliphatic imine (C=N–C) groups is 1. The van der Waals surface area contributed by atoms with Crippen LogP contribution >= 0.6 is 11.6 Å². The molecule has 238 valence electrons. The lowest BCUT2D eigenvalue weighted by Gasteiger charge is -2.37. The monoisotopic (exact) mass is 647 g/mol. The zero-order valence-electron chi connectivity index (χ0n) is 21.3. The van der Waals surface area contributed by atoms with E-state index in [0.717, 1.165) is 0 Å². The lowest BCUT2D eigenvalue weighted by atomic mass is 9.79. The van der Waals surface area contributed by atoms with E-state index in [1.54, 1.807) is 22.9 Å². The molecule has 1 saturated carbocycles. The van der Waals surface area contributed by atoms with E-state index in [1.165, 1.54) is 0 Å². The van der Waals surface area contributed by atoms with Crippen molar-refractivity contribution in [2.75, 3.05) is 18.8 Å². The number of anilines is 1. The Labute approximate surface area is 241 Å². The summed E-state index contributed by atoms with van der Waals surface area (Å²) in [7, 11) is 0. The molecular formula is C21H24ClF6N9O6. The molecule has 0 unspecified atom stereocenters. The van der Waals surface area contributed by atoms with Gasteiger partial charge in [-0.1, -0.05) is 0 Å². The Balaban J connectivity index is 0.000000303. The van der Waals surface area contributed by atoms with Crippen molar-refractivity contribution in [2.24, 2.45) is 28.3 Å². The molecular weight excluding hydrogens is 624 g/mol. The molecule has 43 heavy (non-hydrogen) atoms. The number of alkyl halides is 7. The van der Waals surface area contributed by atoms with Gasteiger partial charge < -0.3 is 48.1 Å². The molecule has 0 radical (unpaired) electrons. The fourth-order valence-corrected chi connectivity index (χ4v) is 5.81. The quantitative estimate of drug-likeness (QED) is 0.143. The van der Waals surface area contributed by atoms with E-state index in [0.29, 0.717) is 23.8 Å². The Morgan fingerprint density at radius 2 is 1.70 bits per heavy atom. The first-order valence-corrected chi connectivity index (χ1v) is 12.3. The van der Waals surface area contributed by atoms with Gasteiger partial charge in [0.15, 0.2) is 24.0 Å². The number of H-pyrrole nitrogens is 1. The Morgan fingerprint density at radius 3 is 2.16 bits per heavy atom. The number of carboxylic acid groups (broad SMARTS) is 2. The first-order valence-electron chi connectivity index (χ1n) is 11.8. The molecule has 0 saturated heterocycles. The molecule has 1 spiro atoms. The lowest BCUT2D eigenvalue weighted by Crippen LogP contribution is -2.60. The first kappa shape index (κ1) is 33.3. The number of carboxylic acids is 2. The summed E-state index contributed by atoms with van der Waals surface area (Å²) in [4.78, 5) is 42.3. The smallest absolute Gasteiger partial charge is 0.475 e. The highest BCUT2D eigenvalue weighted by Gasteiger charge is 2.66. The first-order chi connectivity index (χ1) is 19.8. The molecule has 6 atom stereocenters. The number of aliphatic carboxylic acids is 2. The average molecular weight is 648 g/mol. The number of rotatable bonds is 1. The lowest BCUT2D eigenvalue weighted by molar-refractivity contribution is -0.193. The zero-order valence-corrected chi connectivity index (χ0v) is 22.1. The normalized spacial score (nSPS) is 27.7. The van der Waals surface area contributed by atoms with Crippen molar-refractivity contribution in [3.05, 3.63) is 29.7 Å². The van der Waals surface area contributed by atoms with Crippen LogP contribution in [0.1, 0.15) is 22.1 Å². The molecule has 2 aromatic heterocycles. The number of fused-ring (bicyclic) bond motifs is 6. The minimum atomic E-state index is -5.08. The second-order valence-electron chi connectivity index (χ2n) is 9.33. The van der Waals surface area contributed by atoms with Crippen LogP contribution in [0, 0.1) is 11.8 Å². The van der Waals surface area contributed by atoms with Crippen molar-refractivity contribution in [1.29, 1.82) is 0 Å². The number of nitrogens with zero attached hydrogens (tertiary/aromatic N) is 3. The van der Waals surface area contributed by atoms with Gasteiger partial charge in [0, 0.05) is 18.7 Å². The third kappa shape index (κ3) is 6.27. The van der Waals surface area contributed by atoms with Crippen LogP contribution in [-0.2, 0) is 9.59 Å². The molecule has 12 N–H and O–H groups in total. The van der Waals surface area contributed by atoms with E-state index < -0.39 is 47.4 Å². The largest absolute Gasteiger partial charge is 0.490 e. The van der Waals surface area contributed by atoms with Gasteiger partial charge >= 0.3 is 24.3 Å². The number of carbonyl (C=O) groups is 3. The average Bonchev–Trinajstić information content (AvgIpc) is 3.62. The highest BCUT2D eigenvalue weighted by Crippen LogP contribution is 2.55. The number of aliphatic hydroxyl groups is 1. The van der Waals surface area contributed by atoms with Crippen LogP contribution in [0.2, 0.25) is 0 Å². The Kier molecular flexibility index (Phi) is 9.13. The van der Waals surface area contributed by atoms with Gasteiger partial charge in [-0.2, -0.15) is 31.3 Å². The van der Waals surface area contributed by atoms with E-state index in [4.69, 9.17) is 48.6 Å². The molecule has 15 nitrogen and oxygen atoms in total. The summed E-state index contributed by atoms with van der Waals surface area (Å²) in [5.74, 6) is -5.92. The molecule has 1 amide bonds. The Morgan fingerprint density at radius 1 is 1.14 bits per heavy atom. The number of amides is 1. The zero-order chi connectivity index (χ0) is 32.7. The van der Waals surface area contributed by atoms with Crippen molar-refractivity contribution in [3.8, 4) is 5.82 Å². The van der Waals surface area contributed by atoms with Crippen LogP contribution in [0.25, 0.3) is 5.82 Å². The van der Waals surface area contributed by atoms with Crippen LogP contribution in [0.3, 0.4) is 0 Å². The molecule has 2 aliphatic heterocycles. The van der Waals surface area contributed by atoms with E-state index in [9.17, 15) is 36.2 Å². The molecule has 0 bridgehead atoms. The number of halogens is 7. The maximum Gasteiger partial charge on any atom is 0.490 e. The van der Waals surface area contributed by atoms with Gasteiger partial charge in [-0.25, -0.2) is 14.6 Å². The Hall–Kier alpha value is -4.24. The molecule has 0 aromatic carbocycles. The highest BCUT2D eigenvalue weighted by atomic mass is 35.5. The number of imidazole rings is 1. The molecule has 5 rings (SSSR count). The predicted octanol–water partition coefficient (Wildman–Crippen LogP) is -0.337. The van der Waals surface area contributed by atoms with Gasteiger partial charge in [-0.05, 0) is 30.5 Å². The molecule has 2 aromatic rings. The van der Waals surface area contributed by atoms with Gasteiger partial charge in [0.05, 0.1) is 11.1 Å². The van der Waals surface area contributed by atoms with Gasteiger partial charge in [-0.15, -0.1) is 11.6 Å². The summed E-state index contributed by atoms with van der Waals surface area (Å²) in [6, 6.07) is 3.46. The van der Waals surface area contributed by atoms with Crippen LogP contribution in [0.4, 0.5) is 32.3 Å². The number of nitrogen functional groups attached to an aromatic ring is 1. The summed E-state index contributed by atoms with van der Waals surface area (Å²) in [5, 5.41) is 30.7. The van der Waals surface area contributed by atoms with E-state index in [2.05, 4.69) is 25.6 Å². The van der Waals surface area contributed by atoms with Crippen molar-refractivity contribution in [3.63, 3.8) is 0 Å². The standard InChI is InChI=1S/C17H22ClN9O2.2C2HF3O2/c18-11-6(4-19)7-5-22-13(28)8-2-1-3-27(8)12-10(23-15(20)24-12)9(7)17(11)14(29)25-16(21)26-17;2*3-2(4,5)1(6)7/h1-3,6-7,9,11,14,29H,4-5,19H2,(H,22,28)(H3,20,23,24)(H3,21,25,26);2*(H,6,7)/t6-,7-,9-,11+,14+,17+;;/m1../s1. The van der Waals surface area contributed by atoms with E-state index in [-0.39, 0.29) is 36.2 Å². The summed E-state index contributed by atoms with van der Waals surface area (Å²) in [5.41, 5.74) is 18.0. The summed E-state index contributed by atoms with van der Waals surface area (Å²) >= 11 is 6.90. The second kappa shape index (κ2) is 11.8. The van der Waals surface area contributed by atoms with Crippen molar-refractivity contribution in [1.82, 2.24) is 25.2 Å². The topological polar surface area (TPSA) is 260 Å². The SMILES string of the molecule is NC[C@@H]1[C@H]2CNC(=O)c3cccn3-c3nc(N)[nH]c3[C@@H]2[C@]2(NC(N)=N[C@H]2O)[C@H]1Cl.O=C(O)C(F)(F)F.O=C(O)C(F)(F)F. The predicted molar refractivity (Wildman–Crippen MR) is 134 cm³/mol. The van der Waals surface area contributed by atoms with Crippen LogP contribution in [0.5, 0.6) is 0 Å². The fourth-order valence-electron chi connectivity index (χ4n) is 5.22. The summed E-state index contributed by atoms with van der Waals surface area (Å²) in [6.07, 6.45) is -9.63. The highest BCUT2D eigenvalue weighted by molar-refractivity contribution is 6.22. The maximum atomic E-state index is 12.8. The second-order valence-corrected chi connectivity index (χ2v) is 9.80. The van der Waals surface area contributed by atoms with E-state index >= 15 is 0 Å². The maximum absolute atomic E-state index is 12.8. The van der Waals surface area contributed by atoms with Crippen molar-refractivity contribution in [2.45, 2.75) is 35.4 Å². The van der Waals surface area contributed by atoms with Gasteiger partial charge in [0.25, 0.3) is 5.91 Å². The summed E-state index contributed by atoms with van der Waals surface area (Å²) in [6.45, 7) is 0.556. The number of aromatic amines is 1. The van der Waals surface area contributed by atoms with Gasteiger partial charge in [0.2, 0.25) is 0 Å². The minimum absolute atomic E-state index is 0.0965. The number of aliphatic hydroxyl groups excluding tert-OH is 1. The molecule has 4 heterocycles. The number of hydrogen-bond acceptors (Lipinski definition) is 10. The summed E-state index contributed by atoms with van der Waals surface area (Å²) < 4.78 is 65.1. The van der Waals surface area contributed by atoms with Crippen LogP contribution in [-0.4, -0.2) is 96.2 Å². The van der Waals surface area contributed by atoms with Gasteiger partial charge in [-0.3, -0.25) is 9.36 Å². The third-order valence-electron chi connectivity index (χ3n) is 6.86. The molecule has 3 aliphatic rings. The number of guanidine groups is 1. The fraction of sp³-hybridized carbons (Fsp3) is 0.476. The van der Waals surface area contributed by atoms with Crippen LogP contribution in [0.15, 0.2) is 23.3 Å². The number of carbonyl (C=O) groups excluding carboxylic acids is 1. The van der Waals surface area contributed by atoms with E-state index in [1.807, 2.05) is 0 Å². The third-order valence-corrected chi connectivity index (χ3v) is 7.55. The number of aromatic nitrogens is 3. The van der Waals surface area contributed by atoms with Crippen molar-refractivity contribution >= 4 is 41.4 Å². The molecule has 1 aliphatic carbocycles. The Bertz CT molecular complexity index is 1390.